The Hall–Kier alpha value is -0.100. The number of rotatable bonds is 5. The van der Waals surface area contributed by atoms with E-state index in [1.54, 1.807) is 92.2 Å². The lowest BCUT2D eigenvalue weighted by Crippen LogP contribution is -1.75. The molecule has 5 aromatic rings. The molecule has 0 saturated carbocycles. The van der Waals surface area contributed by atoms with Gasteiger partial charge in [0.2, 0.25) is 0 Å². The average molecular weight is 965 g/mol. The van der Waals surface area contributed by atoms with Crippen LogP contribution < -0.4 is 23.7 Å². The molecule has 0 atom stereocenters. The Morgan fingerprint density at radius 1 is 0.525 bits per heavy atom. The van der Waals surface area contributed by atoms with Crippen molar-refractivity contribution in [3.8, 4) is 26.7 Å². The molecule has 0 fully saturated rings. The second kappa shape index (κ2) is 22.4. The minimum Gasteiger partial charge on any atom is -0.496 e. The average Bonchev–Trinajstić information content (AvgIpc) is 3.79. The van der Waals surface area contributed by atoms with Crippen LogP contribution in [0.5, 0.6) is 26.7 Å². The second-order valence-corrected chi connectivity index (χ2v) is 16.9. The molecule has 0 aliphatic carbocycles. The molecule has 0 spiro atoms. The van der Waals surface area contributed by atoms with E-state index >= 15 is 0 Å². The summed E-state index contributed by atoms with van der Waals surface area (Å²) in [4.78, 5) is 0. The van der Waals surface area contributed by atoms with E-state index in [1.807, 2.05) is 57.9 Å². The van der Waals surface area contributed by atoms with Crippen LogP contribution >= 0.6 is 136 Å². The molecule has 5 heterocycles. The Morgan fingerprint density at radius 3 is 1.30 bits per heavy atom. The van der Waals surface area contributed by atoms with E-state index in [0.29, 0.717) is 0 Å². The topological polar surface area (TPSA) is 46.2 Å². The molecule has 0 aromatic carbocycles. The van der Waals surface area contributed by atoms with Gasteiger partial charge in [0.05, 0.1) is 51.4 Å². The third-order valence-electron chi connectivity index (χ3n) is 3.82. The molecule has 15 heteroatoms. The highest BCUT2D eigenvalue weighted by Gasteiger charge is 1.97. The standard InChI is InChI=1S/5C5H5BrOS/c2*1-7-4-2-5(6)8-3-4;1-7-5-2-4(6)3-8-5;1-7-5-4(6)2-3-8-5;1-7-5-3-2-4(6)8-5/h5*2-3H,1H3. The van der Waals surface area contributed by atoms with E-state index in [1.165, 1.54) is 0 Å². The van der Waals surface area contributed by atoms with Crippen molar-refractivity contribution in [1.29, 1.82) is 0 Å². The molecule has 0 bridgehead atoms. The maximum atomic E-state index is 4.96. The van der Waals surface area contributed by atoms with Crippen molar-refractivity contribution in [2.75, 3.05) is 35.5 Å². The number of hydrogen-bond acceptors (Lipinski definition) is 10. The van der Waals surface area contributed by atoms with Crippen molar-refractivity contribution in [1.82, 2.24) is 0 Å². The molecule has 0 aliphatic rings. The van der Waals surface area contributed by atoms with Crippen LogP contribution in [-0.4, -0.2) is 35.5 Å². The van der Waals surface area contributed by atoms with Crippen molar-refractivity contribution in [2.45, 2.75) is 0 Å². The normalized spacial score (nSPS) is 9.25. The van der Waals surface area contributed by atoms with Gasteiger partial charge in [0.1, 0.15) is 11.5 Å². The molecule has 0 amide bonds. The van der Waals surface area contributed by atoms with E-state index in [2.05, 4.69) is 79.6 Å². The molecule has 0 unspecified atom stereocenters. The fraction of sp³-hybridized carbons (Fsp3) is 0.200. The molecule has 5 nitrogen and oxygen atoms in total. The Labute approximate surface area is 297 Å². The smallest absolute Gasteiger partial charge is 0.187 e. The molecular weight excluding hydrogens is 940 g/mol. The highest BCUT2D eigenvalue weighted by molar-refractivity contribution is 9.11. The molecule has 0 saturated heterocycles. The Kier molecular flexibility index (Phi) is 21.3. The minimum atomic E-state index is 0.918. The van der Waals surface area contributed by atoms with Crippen LogP contribution in [0.3, 0.4) is 0 Å². The summed E-state index contributed by atoms with van der Waals surface area (Å²) in [6, 6.07) is 11.7. The maximum absolute atomic E-state index is 4.96. The van der Waals surface area contributed by atoms with Gasteiger partial charge in [-0.25, -0.2) is 0 Å². The first kappa shape index (κ1) is 37.9. The molecule has 0 radical (unpaired) electrons. The lowest BCUT2D eigenvalue weighted by atomic mass is 10.6. The second-order valence-electron chi connectivity index (χ2n) is 6.39. The van der Waals surface area contributed by atoms with E-state index in [0.717, 1.165) is 47.0 Å². The summed E-state index contributed by atoms with van der Waals surface area (Å²) in [7, 11) is 8.32. The van der Waals surface area contributed by atoms with Gasteiger partial charge in [-0.05, 0) is 103 Å². The van der Waals surface area contributed by atoms with Gasteiger partial charge in [0.25, 0.3) is 0 Å². The van der Waals surface area contributed by atoms with E-state index < -0.39 is 0 Å². The molecule has 40 heavy (non-hydrogen) atoms. The summed E-state index contributed by atoms with van der Waals surface area (Å²) in [6.45, 7) is 0. The zero-order chi connectivity index (χ0) is 29.9. The maximum Gasteiger partial charge on any atom is 0.187 e. The lowest BCUT2D eigenvalue weighted by Gasteiger charge is -1.90. The van der Waals surface area contributed by atoms with Crippen LogP contribution in [0, 0.1) is 0 Å². The fourth-order valence-corrected chi connectivity index (χ4v) is 7.94. The number of ether oxygens (including phenoxy) is 5. The van der Waals surface area contributed by atoms with Crippen LogP contribution in [0.1, 0.15) is 0 Å². The zero-order valence-electron chi connectivity index (χ0n) is 21.7. The van der Waals surface area contributed by atoms with Gasteiger partial charge >= 0.3 is 0 Å². The van der Waals surface area contributed by atoms with Crippen LogP contribution in [0.2, 0.25) is 0 Å². The largest absolute Gasteiger partial charge is 0.496 e. The van der Waals surface area contributed by atoms with Crippen molar-refractivity contribution >= 4 is 136 Å². The third-order valence-corrected chi connectivity index (χ3v) is 11.8. The first-order valence-corrected chi connectivity index (χ1v) is 18.9. The van der Waals surface area contributed by atoms with Gasteiger partial charge in [-0.2, -0.15) is 0 Å². The van der Waals surface area contributed by atoms with E-state index in [9.17, 15) is 0 Å². The highest BCUT2D eigenvalue weighted by Crippen LogP contribution is 2.30. The van der Waals surface area contributed by atoms with Gasteiger partial charge in [-0.3, -0.25) is 0 Å². The van der Waals surface area contributed by atoms with E-state index in [4.69, 9.17) is 23.7 Å². The molecule has 0 N–H and O–H groups in total. The molecule has 5 aromatic heterocycles. The van der Waals surface area contributed by atoms with Crippen molar-refractivity contribution < 1.29 is 23.7 Å². The molecule has 220 valence electrons. The SMILES string of the molecule is COc1cc(Br)cs1.COc1ccc(Br)s1.COc1csc(Br)c1.COc1csc(Br)c1.COc1sccc1Br. The van der Waals surface area contributed by atoms with Crippen LogP contribution in [0.25, 0.3) is 0 Å². The minimum absolute atomic E-state index is 0.918. The summed E-state index contributed by atoms with van der Waals surface area (Å²) in [5, 5.41) is 10.7. The number of halogens is 5. The monoisotopic (exact) mass is 960 g/mol. The van der Waals surface area contributed by atoms with Crippen molar-refractivity contribution in [3.63, 3.8) is 0 Å². The Bertz CT molecular complexity index is 1170. The van der Waals surface area contributed by atoms with E-state index in [-0.39, 0.29) is 0 Å². The lowest BCUT2D eigenvalue weighted by molar-refractivity contribution is 0.416. The number of hydrogen-bond donors (Lipinski definition) is 0. The quantitative estimate of drug-likeness (QED) is 0.176. The van der Waals surface area contributed by atoms with Gasteiger partial charge in [-0.1, -0.05) is 11.3 Å². The number of methoxy groups -OCH3 is 5. The predicted molar refractivity (Wildman–Crippen MR) is 193 cm³/mol. The summed E-state index contributed by atoms with van der Waals surface area (Å²) in [5.41, 5.74) is 0. The zero-order valence-corrected chi connectivity index (χ0v) is 33.8. The molecular formula is C25H25Br5O5S5. The fourth-order valence-electron chi connectivity index (χ4n) is 2.04. The molecule has 0 aliphatic heterocycles. The summed E-state index contributed by atoms with van der Waals surface area (Å²) < 4.78 is 30.1. The summed E-state index contributed by atoms with van der Waals surface area (Å²) in [5.74, 6) is 1.84. The summed E-state index contributed by atoms with van der Waals surface area (Å²) in [6.07, 6.45) is 0. The summed E-state index contributed by atoms with van der Waals surface area (Å²) >= 11 is 24.5. The van der Waals surface area contributed by atoms with Crippen LogP contribution in [-0.2, 0) is 0 Å². The van der Waals surface area contributed by atoms with Crippen LogP contribution in [0.15, 0.2) is 78.2 Å². The van der Waals surface area contributed by atoms with Gasteiger partial charge in [0.15, 0.2) is 15.2 Å². The Morgan fingerprint density at radius 2 is 1.10 bits per heavy atom. The van der Waals surface area contributed by atoms with Gasteiger partial charge in [-0.15, -0.1) is 45.3 Å². The first-order chi connectivity index (χ1) is 19.1. The van der Waals surface area contributed by atoms with Gasteiger partial charge in [0, 0.05) is 38.8 Å². The van der Waals surface area contributed by atoms with Crippen molar-refractivity contribution in [2.24, 2.45) is 0 Å². The van der Waals surface area contributed by atoms with Crippen molar-refractivity contribution in [3.05, 3.63) is 78.2 Å². The number of thiophene rings is 5. The highest BCUT2D eigenvalue weighted by atomic mass is 79.9. The Balaban J connectivity index is 0.000000250. The van der Waals surface area contributed by atoms with Gasteiger partial charge < -0.3 is 23.7 Å². The first-order valence-electron chi connectivity index (χ1n) is 10.6. The third kappa shape index (κ3) is 16.5. The van der Waals surface area contributed by atoms with Crippen LogP contribution in [0.4, 0.5) is 0 Å². The molecule has 5 rings (SSSR count). The predicted octanol–water partition coefficient (Wildman–Crippen LogP) is 12.6.